The standard InChI is InChI=1S/C17H14N2O2/c1-2-17(20)21-16-9-5-14(6-10-16)12-19-15-7-3-13(11-18)4-8-15/h3-10,12H,2H2,1H3. The molecular weight excluding hydrogens is 264 g/mol. The predicted octanol–water partition coefficient (Wildman–Crippen LogP) is 3.62. The summed E-state index contributed by atoms with van der Waals surface area (Å²) in [5.41, 5.74) is 2.28. The highest BCUT2D eigenvalue weighted by molar-refractivity contribution is 5.82. The molecule has 0 aromatic heterocycles. The monoisotopic (exact) mass is 278 g/mol. The summed E-state index contributed by atoms with van der Waals surface area (Å²) < 4.78 is 5.09. The van der Waals surface area contributed by atoms with Crippen molar-refractivity contribution >= 4 is 17.9 Å². The maximum absolute atomic E-state index is 11.2. The van der Waals surface area contributed by atoms with Crippen LogP contribution in [0.4, 0.5) is 5.69 Å². The fraction of sp³-hybridized carbons (Fsp3) is 0.118. The Morgan fingerprint density at radius 2 is 1.86 bits per heavy atom. The number of esters is 1. The van der Waals surface area contributed by atoms with Gasteiger partial charge < -0.3 is 4.74 Å². The number of carbonyl (C=O) groups excluding carboxylic acids is 1. The molecule has 0 amide bonds. The minimum atomic E-state index is -0.256. The second-order valence-corrected chi connectivity index (χ2v) is 4.31. The van der Waals surface area contributed by atoms with Crippen LogP contribution in [0.3, 0.4) is 0 Å². The van der Waals surface area contributed by atoms with E-state index in [4.69, 9.17) is 10.00 Å². The Balaban J connectivity index is 2.03. The number of nitrogens with zero attached hydrogens (tertiary/aromatic N) is 2. The quantitative estimate of drug-likeness (QED) is 0.487. The fourth-order valence-corrected chi connectivity index (χ4v) is 1.60. The van der Waals surface area contributed by atoms with E-state index in [0.717, 1.165) is 11.3 Å². The van der Waals surface area contributed by atoms with Crippen molar-refractivity contribution in [3.05, 3.63) is 59.7 Å². The summed E-state index contributed by atoms with van der Waals surface area (Å²) in [4.78, 5) is 15.5. The van der Waals surface area contributed by atoms with Crippen molar-refractivity contribution in [2.75, 3.05) is 0 Å². The van der Waals surface area contributed by atoms with Crippen molar-refractivity contribution in [2.24, 2.45) is 4.99 Å². The van der Waals surface area contributed by atoms with Crippen LogP contribution in [0.25, 0.3) is 0 Å². The third kappa shape index (κ3) is 4.29. The molecule has 21 heavy (non-hydrogen) atoms. The molecule has 0 saturated heterocycles. The Morgan fingerprint density at radius 3 is 2.43 bits per heavy atom. The van der Waals surface area contributed by atoms with E-state index in [1.165, 1.54) is 0 Å². The zero-order chi connectivity index (χ0) is 15.1. The van der Waals surface area contributed by atoms with Gasteiger partial charge in [-0.15, -0.1) is 0 Å². The Hall–Kier alpha value is -2.93. The number of hydrogen-bond donors (Lipinski definition) is 0. The average Bonchev–Trinajstić information content (AvgIpc) is 2.54. The van der Waals surface area contributed by atoms with Crippen molar-refractivity contribution in [3.63, 3.8) is 0 Å². The molecule has 0 saturated carbocycles. The summed E-state index contributed by atoms with van der Waals surface area (Å²) in [6.07, 6.45) is 2.06. The summed E-state index contributed by atoms with van der Waals surface area (Å²) in [6, 6.07) is 16.2. The molecule has 0 fully saturated rings. The topological polar surface area (TPSA) is 62.4 Å². The molecule has 4 nitrogen and oxygen atoms in total. The molecule has 0 aliphatic heterocycles. The third-order valence-electron chi connectivity index (χ3n) is 2.76. The molecule has 2 aromatic carbocycles. The third-order valence-corrected chi connectivity index (χ3v) is 2.76. The van der Waals surface area contributed by atoms with Crippen LogP contribution in [0.15, 0.2) is 53.5 Å². The van der Waals surface area contributed by atoms with Gasteiger partial charge in [0.25, 0.3) is 0 Å². The lowest BCUT2D eigenvalue weighted by molar-refractivity contribution is -0.134. The molecule has 0 N–H and O–H groups in total. The predicted molar refractivity (Wildman–Crippen MR) is 80.8 cm³/mol. The molecule has 0 bridgehead atoms. The molecule has 0 spiro atoms. The van der Waals surface area contributed by atoms with Crippen LogP contribution in [0.2, 0.25) is 0 Å². The molecule has 0 radical (unpaired) electrons. The van der Waals surface area contributed by atoms with Gasteiger partial charge >= 0.3 is 5.97 Å². The normalized spacial score (nSPS) is 10.3. The van der Waals surface area contributed by atoms with Gasteiger partial charge in [-0.1, -0.05) is 6.92 Å². The number of rotatable bonds is 4. The van der Waals surface area contributed by atoms with E-state index in [-0.39, 0.29) is 5.97 Å². The van der Waals surface area contributed by atoms with Gasteiger partial charge in [0.1, 0.15) is 5.75 Å². The van der Waals surface area contributed by atoms with Crippen LogP contribution in [0.5, 0.6) is 5.75 Å². The van der Waals surface area contributed by atoms with Crippen LogP contribution in [0.1, 0.15) is 24.5 Å². The highest BCUT2D eigenvalue weighted by Gasteiger charge is 2.00. The highest BCUT2D eigenvalue weighted by atomic mass is 16.5. The maximum atomic E-state index is 11.2. The number of carbonyl (C=O) groups is 1. The lowest BCUT2D eigenvalue weighted by atomic mass is 10.2. The summed E-state index contributed by atoms with van der Waals surface area (Å²) >= 11 is 0. The summed E-state index contributed by atoms with van der Waals surface area (Å²) in [5, 5.41) is 8.72. The van der Waals surface area contributed by atoms with Gasteiger partial charge in [0.2, 0.25) is 0 Å². The van der Waals surface area contributed by atoms with E-state index in [2.05, 4.69) is 11.1 Å². The average molecular weight is 278 g/mol. The van der Waals surface area contributed by atoms with Crippen LogP contribution < -0.4 is 4.74 Å². The van der Waals surface area contributed by atoms with Crippen LogP contribution in [-0.4, -0.2) is 12.2 Å². The Labute approximate surface area is 123 Å². The van der Waals surface area contributed by atoms with Gasteiger partial charge in [0, 0.05) is 12.6 Å². The number of hydrogen-bond acceptors (Lipinski definition) is 4. The molecule has 2 rings (SSSR count). The van der Waals surface area contributed by atoms with E-state index in [9.17, 15) is 4.79 Å². The van der Waals surface area contributed by atoms with E-state index in [1.807, 2.05) is 12.1 Å². The van der Waals surface area contributed by atoms with Gasteiger partial charge in [0.15, 0.2) is 0 Å². The van der Waals surface area contributed by atoms with Crippen molar-refractivity contribution in [1.82, 2.24) is 0 Å². The van der Waals surface area contributed by atoms with Crippen LogP contribution >= 0.6 is 0 Å². The lowest BCUT2D eigenvalue weighted by Gasteiger charge is -2.02. The largest absolute Gasteiger partial charge is 0.427 e. The van der Waals surface area contributed by atoms with E-state index >= 15 is 0 Å². The second kappa shape index (κ2) is 7.01. The molecule has 2 aromatic rings. The first-order chi connectivity index (χ1) is 10.2. The minimum absolute atomic E-state index is 0.256. The van der Waals surface area contributed by atoms with Crippen LogP contribution in [0, 0.1) is 11.3 Å². The van der Waals surface area contributed by atoms with Gasteiger partial charge in [-0.25, -0.2) is 0 Å². The van der Waals surface area contributed by atoms with Gasteiger partial charge in [0.05, 0.1) is 17.3 Å². The first-order valence-electron chi connectivity index (χ1n) is 6.56. The van der Waals surface area contributed by atoms with Crippen LogP contribution in [-0.2, 0) is 4.79 Å². The number of aliphatic imine (C=N–C) groups is 1. The zero-order valence-corrected chi connectivity index (χ0v) is 11.6. The van der Waals surface area contributed by atoms with Crippen molar-refractivity contribution in [1.29, 1.82) is 5.26 Å². The molecule has 0 unspecified atom stereocenters. The first kappa shape index (κ1) is 14.5. The van der Waals surface area contributed by atoms with E-state index in [0.29, 0.717) is 17.7 Å². The SMILES string of the molecule is CCC(=O)Oc1ccc(C=Nc2ccc(C#N)cc2)cc1. The first-order valence-corrected chi connectivity index (χ1v) is 6.56. The molecular formula is C17H14N2O2. The van der Waals surface area contributed by atoms with Crippen molar-refractivity contribution in [2.45, 2.75) is 13.3 Å². The molecule has 0 atom stereocenters. The second-order valence-electron chi connectivity index (χ2n) is 4.31. The highest BCUT2D eigenvalue weighted by Crippen LogP contribution is 2.15. The Morgan fingerprint density at radius 1 is 1.19 bits per heavy atom. The van der Waals surface area contributed by atoms with Gasteiger partial charge in [-0.3, -0.25) is 9.79 Å². The van der Waals surface area contributed by atoms with Gasteiger partial charge in [-0.05, 0) is 54.1 Å². The van der Waals surface area contributed by atoms with Crippen molar-refractivity contribution < 1.29 is 9.53 Å². The zero-order valence-electron chi connectivity index (χ0n) is 11.6. The Kier molecular flexibility index (Phi) is 4.84. The van der Waals surface area contributed by atoms with E-state index < -0.39 is 0 Å². The summed E-state index contributed by atoms with van der Waals surface area (Å²) in [5.74, 6) is 0.270. The number of ether oxygens (including phenoxy) is 1. The minimum Gasteiger partial charge on any atom is -0.427 e. The molecule has 0 aliphatic rings. The number of benzene rings is 2. The number of nitriles is 1. The lowest BCUT2D eigenvalue weighted by Crippen LogP contribution is -2.05. The van der Waals surface area contributed by atoms with Crippen molar-refractivity contribution in [3.8, 4) is 11.8 Å². The molecule has 4 heteroatoms. The Bertz CT molecular complexity index is 680. The van der Waals surface area contributed by atoms with Gasteiger partial charge in [-0.2, -0.15) is 5.26 Å². The maximum Gasteiger partial charge on any atom is 0.310 e. The molecule has 104 valence electrons. The molecule has 0 heterocycles. The van der Waals surface area contributed by atoms with E-state index in [1.54, 1.807) is 49.5 Å². The molecule has 0 aliphatic carbocycles. The summed E-state index contributed by atoms with van der Waals surface area (Å²) in [7, 11) is 0. The summed E-state index contributed by atoms with van der Waals surface area (Å²) in [6.45, 7) is 1.75. The fourth-order valence-electron chi connectivity index (χ4n) is 1.60. The smallest absolute Gasteiger partial charge is 0.310 e.